The summed E-state index contributed by atoms with van der Waals surface area (Å²) in [7, 11) is 1.63. The highest BCUT2D eigenvalue weighted by molar-refractivity contribution is 6.30. The third-order valence-corrected chi connectivity index (χ3v) is 5.20. The van der Waals surface area contributed by atoms with Crippen LogP contribution < -0.4 is 9.47 Å². The molecule has 1 amide bonds. The maximum absolute atomic E-state index is 13.2. The van der Waals surface area contributed by atoms with Crippen LogP contribution in [0.4, 0.5) is 0 Å². The minimum atomic E-state index is -0.183. The number of halogens is 1. The zero-order valence-corrected chi connectivity index (χ0v) is 16.3. The second-order valence-corrected chi connectivity index (χ2v) is 7.07. The van der Waals surface area contributed by atoms with E-state index in [1.165, 1.54) is 0 Å². The Labute approximate surface area is 169 Å². The van der Waals surface area contributed by atoms with Crippen LogP contribution in [0.3, 0.4) is 0 Å². The van der Waals surface area contributed by atoms with E-state index in [0.717, 1.165) is 23.7 Å². The molecule has 5 nitrogen and oxygen atoms in total. The van der Waals surface area contributed by atoms with Gasteiger partial charge in [0.15, 0.2) is 0 Å². The molecule has 28 heavy (non-hydrogen) atoms. The normalized spacial score (nSPS) is 15.8. The molecule has 0 saturated carbocycles. The fourth-order valence-corrected chi connectivity index (χ4v) is 3.71. The average Bonchev–Trinajstić information content (AvgIpc) is 3.21. The van der Waals surface area contributed by atoms with Gasteiger partial charge in [-0.25, -0.2) is 0 Å². The molecule has 3 aromatic rings. The molecule has 144 valence electrons. The Kier molecular flexibility index (Phi) is 5.26. The highest BCUT2D eigenvalue weighted by Gasteiger charge is 2.32. The van der Waals surface area contributed by atoms with E-state index in [4.69, 9.17) is 21.1 Å². The van der Waals surface area contributed by atoms with Crippen molar-refractivity contribution in [1.82, 2.24) is 9.47 Å². The number of amides is 1. The minimum Gasteiger partial charge on any atom is -0.497 e. The molecule has 1 atom stereocenters. The van der Waals surface area contributed by atoms with Crippen LogP contribution in [0.15, 0.2) is 66.9 Å². The second kappa shape index (κ2) is 7.98. The Morgan fingerprint density at radius 3 is 2.61 bits per heavy atom. The number of nitrogens with zero attached hydrogens (tertiary/aromatic N) is 2. The van der Waals surface area contributed by atoms with Crippen LogP contribution >= 0.6 is 11.6 Å². The summed E-state index contributed by atoms with van der Waals surface area (Å²) in [6, 6.07) is 18.4. The highest BCUT2D eigenvalue weighted by atomic mass is 35.5. The first-order valence-electron chi connectivity index (χ1n) is 9.14. The van der Waals surface area contributed by atoms with E-state index in [1.54, 1.807) is 31.4 Å². The number of carbonyl (C=O) groups excluding carboxylic acids is 1. The molecule has 1 unspecified atom stereocenters. The van der Waals surface area contributed by atoms with Crippen molar-refractivity contribution in [2.45, 2.75) is 12.6 Å². The van der Waals surface area contributed by atoms with Crippen LogP contribution in [0.2, 0.25) is 5.02 Å². The summed E-state index contributed by atoms with van der Waals surface area (Å²) in [5.74, 6) is 1.47. The molecule has 6 heteroatoms. The van der Waals surface area contributed by atoms with E-state index in [2.05, 4.69) is 4.57 Å². The zero-order chi connectivity index (χ0) is 19.5. The first-order chi connectivity index (χ1) is 13.7. The lowest BCUT2D eigenvalue weighted by atomic mass is 10.1. The average molecular weight is 397 g/mol. The summed E-state index contributed by atoms with van der Waals surface area (Å²) < 4.78 is 13.4. The van der Waals surface area contributed by atoms with Gasteiger partial charge in [0.1, 0.15) is 24.1 Å². The quantitative estimate of drug-likeness (QED) is 0.641. The number of aromatic nitrogens is 1. The van der Waals surface area contributed by atoms with Crippen molar-refractivity contribution in [2.24, 2.45) is 0 Å². The molecule has 2 heterocycles. The van der Waals surface area contributed by atoms with Gasteiger partial charge in [-0.05, 0) is 54.6 Å². The van der Waals surface area contributed by atoms with Crippen molar-refractivity contribution in [3.05, 3.63) is 83.1 Å². The molecule has 1 aliphatic rings. The monoisotopic (exact) mass is 396 g/mol. The van der Waals surface area contributed by atoms with Crippen molar-refractivity contribution in [2.75, 3.05) is 20.3 Å². The lowest BCUT2D eigenvalue weighted by Gasteiger charge is -2.37. The summed E-state index contributed by atoms with van der Waals surface area (Å²) in [6.45, 7) is 1.74. The van der Waals surface area contributed by atoms with Gasteiger partial charge in [0.25, 0.3) is 5.91 Å². The smallest absolute Gasteiger partial charge is 0.254 e. The number of hydrogen-bond donors (Lipinski definition) is 0. The number of ether oxygens (including phenoxy) is 2. The molecule has 0 bridgehead atoms. The van der Waals surface area contributed by atoms with Gasteiger partial charge in [-0.2, -0.15) is 0 Å². The van der Waals surface area contributed by atoms with Crippen molar-refractivity contribution < 1.29 is 14.3 Å². The lowest BCUT2D eigenvalue weighted by Crippen LogP contribution is -2.44. The van der Waals surface area contributed by atoms with E-state index in [0.29, 0.717) is 23.7 Å². The van der Waals surface area contributed by atoms with Gasteiger partial charge < -0.3 is 18.9 Å². The molecule has 1 aliphatic heterocycles. The molecule has 0 N–H and O–H groups in total. The van der Waals surface area contributed by atoms with E-state index in [-0.39, 0.29) is 11.9 Å². The SMILES string of the molecule is COc1ccc(OCC2c3cccn3CCN2C(=O)c2cccc(Cl)c2)cc1. The largest absolute Gasteiger partial charge is 0.497 e. The van der Waals surface area contributed by atoms with Crippen LogP contribution in [0.25, 0.3) is 0 Å². The van der Waals surface area contributed by atoms with Crippen LogP contribution in [0.5, 0.6) is 11.5 Å². The van der Waals surface area contributed by atoms with Crippen molar-refractivity contribution in [3.8, 4) is 11.5 Å². The summed E-state index contributed by atoms with van der Waals surface area (Å²) >= 11 is 6.08. The summed E-state index contributed by atoms with van der Waals surface area (Å²) in [4.78, 5) is 15.0. The first-order valence-corrected chi connectivity index (χ1v) is 9.52. The summed E-state index contributed by atoms with van der Waals surface area (Å²) in [6.07, 6.45) is 2.04. The Balaban J connectivity index is 1.57. The van der Waals surface area contributed by atoms with Gasteiger partial charge in [-0.1, -0.05) is 17.7 Å². The minimum absolute atomic E-state index is 0.0433. The molecular formula is C22H21ClN2O3. The molecule has 0 spiro atoms. The molecule has 1 aromatic heterocycles. The Morgan fingerprint density at radius 1 is 1.07 bits per heavy atom. The third kappa shape index (κ3) is 3.71. The summed E-state index contributed by atoms with van der Waals surface area (Å²) in [5, 5.41) is 0.553. The van der Waals surface area contributed by atoms with E-state index >= 15 is 0 Å². The Morgan fingerprint density at radius 2 is 1.86 bits per heavy atom. The molecule has 0 saturated heterocycles. The number of carbonyl (C=O) groups is 1. The number of benzene rings is 2. The van der Waals surface area contributed by atoms with E-state index in [9.17, 15) is 4.79 Å². The maximum atomic E-state index is 13.2. The molecular weight excluding hydrogens is 376 g/mol. The van der Waals surface area contributed by atoms with Gasteiger partial charge in [0, 0.05) is 35.6 Å². The number of hydrogen-bond acceptors (Lipinski definition) is 3. The lowest BCUT2D eigenvalue weighted by molar-refractivity contribution is 0.0542. The predicted molar refractivity (Wildman–Crippen MR) is 108 cm³/mol. The first kappa shape index (κ1) is 18.4. The van der Waals surface area contributed by atoms with Gasteiger partial charge in [-0.15, -0.1) is 0 Å². The Hall–Kier alpha value is -2.92. The van der Waals surface area contributed by atoms with Gasteiger partial charge in [-0.3, -0.25) is 4.79 Å². The number of methoxy groups -OCH3 is 1. The van der Waals surface area contributed by atoms with E-state index < -0.39 is 0 Å². The highest BCUT2D eigenvalue weighted by Crippen LogP contribution is 2.29. The molecule has 0 radical (unpaired) electrons. The molecule has 2 aromatic carbocycles. The van der Waals surface area contributed by atoms with Gasteiger partial charge in [0.2, 0.25) is 0 Å². The second-order valence-electron chi connectivity index (χ2n) is 6.64. The zero-order valence-electron chi connectivity index (χ0n) is 15.5. The van der Waals surface area contributed by atoms with Gasteiger partial charge >= 0.3 is 0 Å². The topological polar surface area (TPSA) is 43.7 Å². The van der Waals surface area contributed by atoms with Crippen LogP contribution in [0.1, 0.15) is 22.1 Å². The fraction of sp³-hybridized carbons (Fsp3) is 0.227. The standard InChI is InChI=1S/C22H21ClN2O3/c1-27-18-7-9-19(10-8-18)28-15-21-20-6-3-11-24(20)12-13-25(21)22(26)16-4-2-5-17(23)14-16/h2-11,14,21H,12-13,15H2,1H3. The molecule has 4 rings (SSSR count). The predicted octanol–water partition coefficient (Wildman–Crippen LogP) is 4.43. The van der Waals surface area contributed by atoms with E-state index in [1.807, 2.05) is 47.5 Å². The van der Waals surface area contributed by atoms with Crippen molar-refractivity contribution >= 4 is 17.5 Å². The number of fused-ring (bicyclic) bond motifs is 1. The van der Waals surface area contributed by atoms with Crippen LogP contribution in [-0.2, 0) is 6.54 Å². The molecule has 0 fully saturated rings. The van der Waals surface area contributed by atoms with Gasteiger partial charge in [0.05, 0.1) is 7.11 Å². The van der Waals surface area contributed by atoms with Crippen molar-refractivity contribution in [3.63, 3.8) is 0 Å². The fourth-order valence-electron chi connectivity index (χ4n) is 3.52. The Bertz CT molecular complexity index is 968. The summed E-state index contributed by atoms with van der Waals surface area (Å²) in [5.41, 5.74) is 1.65. The van der Waals surface area contributed by atoms with Crippen molar-refractivity contribution in [1.29, 1.82) is 0 Å². The van der Waals surface area contributed by atoms with Crippen LogP contribution in [-0.4, -0.2) is 35.6 Å². The third-order valence-electron chi connectivity index (χ3n) is 4.96. The maximum Gasteiger partial charge on any atom is 0.254 e. The molecule has 0 aliphatic carbocycles. The number of rotatable bonds is 5. The van der Waals surface area contributed by atoms with Crippen LogP contribution in [0, 0.1) is 0 Å².